The molecule has 3 heteroatoms. The van der Waals surface area contributed by atoms with E-state index in [1.807, 2.05) is 0 Å². The van der Waals surface area contributed by atoms with E-state index in [1.165, 1.54) is 65.0 Å². The van der Waals surface area contributed by atoms with E-state index in [4.69, 9.17) is 0 Å². The van der Waals surface area contributed by atoms with E-state index < -0.39 is 0 Å². The predicted octanol–water partition coefficient (Wildman–Crippen LogP) is 1.40. The van der Waals surface area contributed by atoms with Crippen molar-refractivity contribution in [3.63, 3.8) is 0 Å². The van der Waals surface area contributed by atoms with Crippen LogP contribution in [0.25, 0.3) is 0 Å². The smallest absolute Gasteiger partial charge is 0.0166 e. The molecular formula is C14H29N3. The van der Waals surface area contributed by atoms with Crippen molar-refractivity contribution in [1.29, 1.82) is 0 Å². The van der Waals surface area contributed by atoms with E-state index in [1.54, 1.807) is 0 Å². The molecule has 2 aliphatic heterocycles. The van der Waals surface area contributed by atoms with Gasteiger partial charge in [-0.2, -0.15) is 0 Å². The van der Waals surface area contributed by atoms with Crippen LogP contribution in [0.1, 0.15) is 32.6 Å². The predicted molar refractivity (Wildman–Crippen MR) is 73.4 cm³/mol. The second kappa shape index (κ2) is 6.72. The van der Waals surface area contributed by atoms with Gasteiger partial charge in [-0.1, -0.05) is 0 Å². The van der Waals surface area contributed by atoms with Crippen molar-refractivity contribution in [2.24, 2.45) is 5.92 Å². The molecule has 17 heavy (non-hydrogen) atoms. The molecule has 2 aliphatic rings. The largest absolute Gasteiger partial charge is 0.313 e. The zero-order chi connectivity index (χ0) is 12.1. The number of piperidine rings is 1. The van der Waals surface area contributed by atoms with Gasteiger partial charge < -0.3 is 15.1 Å². The molecule has 1 N–H and O–H groups in total. The molecule has 1 atom stereocenters. The Kier molecular flexibility index (Phi) is 5.26. The molecule has 0 saturated carbocycles. The molecule has 2 rings (SSSR count). The van der Waals surface area contributed by atoms with Gasteiger partial charge >= 0.3 is 0 Å². The van der Waals surface area contributed by atoms with Crippen LogP contribution in [0.3, 0.4) is 0 Å². The van der Waals surface area contributed by atoms with E-state index in [9.17, 15) is 0 Å². The SMILES string of the molecule is CC(CN1CCCC1)NCC1CCN(C)CC1. The number of hydrogen-bond donors (Lipinski definition) is 1. The van der Waals surface area contributed by atoms with Gasteiger partial charge in [-0.3, -0.25) is 0 Å². The van der Waals surface area contributed by atoms with Gasteiger partial charge in [0.1, 0.15) is 0 Å². The van der Waals surface area contributed by atoms with Crippen LogP contribution in [0.2, 0.25) is 0 Å². The maximum atomic E-state index is 3.73. The minimum absolute atomic E-state index is 0.660. The lowest BCUT2D eigenvalue weighted by atomic mass is 9.97. The molecule has 0 aromatic heterocycles. The molecule has 100 valence electrons. The van der Waals surface area contributed by atoms with E-state index in [2.05, 4.69) is 29.1 Å². The number of rotatable bonds is 5. The van der Waals surface area contributed by atoms with E-state index >= 15 is 0 Å². The summed E-state index contributed by atoms with van der Waals surface area (Å²) in [5, 5.41) is 3.73. The Hall–Kier alpha value is -0.120. The Labute approximate surface area is 107 Å². The monoisotopic (exact) mass is 239 g/mol. The lowest BCUT2D eigenvalue weighted by molar-refractivity contribution is 0.208. The zero-order valence-corrected chi connectivity index (χ0v) is 11.6. The van der Waals surface area contributed by atoms with Crippen LogP contribution in [0.4, 0.5) is 0 Å². The van der Waals surface area contributed by atoms with E-state index in [0.29, 0.717) is 6.04 Å². The average Bonchev–Trinajstić information content (AvgIpc) is 2.81. The van der Waals surface area contributed by atoms with Gasteiger partial charge in [-0.05, 0) is 78.3 Å². The average molecular weight is 239 g/mol. The molecule has 1 unspecified atom stereocenters. The Bertz CT molecular complexity index is 206. The third-order valence-electron chi connectivity index (χ3n) is 4.32. The van der Waals surface area contributed by atoms with Crippen LogP contribution in [0.15, 0.2) is 0 Å². The first-order chi connectivity index (χ1) is 8.24. The quantitative estimate of drug-likeness (QED) is 0.782. The van der Waals surface area contributed by atoms with Crippen molar-refractivity contribution in [3.05, 3.63) is 0 Å². The molecule has 3 nitrogen and oxygen atoms in total. The molecule has 0 aromatic rings. The minimum Gasteiger partial charge on any atom is -0.313 e. The molecule has 2 saturated heterocycles. The fourth-order valence-electron chi connectivity index (χ4n) is 3.05. The summed E-state index contributed by atoms with van der Waals surface area (Å²) in [5.41, 5.74) is 0. The summed E-state index contributed by atoms with van der Waals surface area (Å²) in [6, 6.07) is 0.660. The molecule has 0 aromatic carbocycles. The van der Waals surface area contributed by atoms with Gasteiger partial charge in [0.25, 0.3) is 0 Å². The summed E-state index contributed by atoms with van der Waals surface area (Å²) in [6.07, 6.45) is 5.56. The molecule has 2 heterocycles. The highest BCUT2D eigenvalue weighted by atomic mass is 15.2. The number of nitrogens with zero attached hydrogens (tertiary/aromatic N) is 2. The Morgan fingerprint density at radius 2 is 1.76 bits per heavy atom. The van der Waals surface area contributed by atoms with Crippen molar-refractivity contribution < 1.29 is 0 Å². The number of hydrogen-bond acceptors (Lipinski definition) is 3. The Balaban J connectivity index is 1.57. The normalized spacial score (nSPS) is 26.5. The standard InChI is InChI=1S/C14H29N3/c1-13(12-17-7-3-4-8-17)15-11-14-5-9-16(2)10-6-14/h13-15H,3-12H2,1-2H3. The zero-order valence-electron chi connectivity index (χ0n) is 11.6. The lowest BCUT2D eigenvalue weighted by Gasteiger charge is -2.30. The van der Waals surface area contributed by atoms with Crippen LogP contribution >= 0.6 is 0 Å². The molecule has 0 amide bonds. The summed E-state index contributed by atoms with van der Waals surface area (Å²) >= 11 is 0. The highest BCUT2D eigenvalue weighted by molar-refractivity contribution is 4.76. The van der Waals surface area contributed by atoms with Crippen LogP contribution < -0.4 is 5.32 Å². The first kappa shape index (κ1) is 13.3. The second-order valence-electron chi connectivity index (χ2n) is 6.06. The minimum atomic E-state index is 0.660. The molecule has 0 radical (unpaired) electrons. The molecular weight excluding hydrogens is 210 g/mol. The summed E-state index contributed by atoms with van der Waals surface area (Å²) in [6.45, 7) is 10.0. The van der Waals surface area contributed by atoms with Gasteiger partial charge in [-0.25, -0.2) is 0 Å². The van der Waals surface area contributed by atoms with Crippen LogP contribution in [0.5, 0.6) is 0 Å². The number of nitrogens with one attached hydrogen (secondary N) is 1. The van der Waals surface area contributed by atoms with Gasteiger partial charge in [0.2, 0.25) is 0 Å². The van der Waals surface area contributed by atoms with Crippen LogP contribution in [-0.4, -0.2) is 62.2 Å². The Morgan fingerprint density at radius 3 is 2.41 bits per heavy atom. The number of likely N-dealkylation sites (tertiary alicyclic amines) is 2. The van der Waals surface area contributed by atoms with Crippen molar-refractivity contribution in [1.82, 2.24) is 15.1 Å². The third-order valence-corrected chi connectivity index (χ3v) is 4.32. The summed E-state index contributed by atoms with van der Waals surface area (Å²) < 4.78 is 0. The maximum absolute atomic E-state index is 3.73. The highest BCUT2D eigenvalue weighted by Crippen LogP contribution is 2.15. The molecule has 2 fully saturated rings. The second-order valence-corrected chi connectivity index (χ2v) is 6.06. The maximum Gasteiger partial charge on any atom is 0.0166 e. The van der Waals surface area contributed by atoms with Crippen LogP contribution in [-0.2, 0) is 0 Å². The first-order valence-corrected chi connectivity index (χ1v) is 7.38. The fourth-order valence-corrected chi connectivity index (χ4v) is 3.05. The summed E-state index contributed by atoms with van der Waals surface area (Å²) in [4.78, 5) is 5.05. The highest BCUT2D eigenvalue weighted by Gasteiger charge is 2.18. The van der Waals surface area contributed by atoms with Crippen LogP contribution in [0, 0.1) is 5.92 Å². The third kappa shape index (κ3) is 4.57. The van der Waals surface area contributed by atoms with Gasteiger partial charge in [0.05, 0.1) is 0 Å². The lowest BCUT2D eigenvalue weighted by Crippen LogP contribution is -2.42. The Morgan fingerprint density at radius 1 is 1.12 bits per heavy atom. The van der Waals surface area contributed by atoms with Crippen molar-refractivity contribution >= 4 is 0 Å². The van der Waals surface area contributed by atoms with Crippen molar-refractivity contribution in [2.75, 3.05) is 46.3 Å². The van der Waals surface area contributed by atoms with Gasteiger partial charge in [0.15, 0.2) is 0 Å². The van der Waals surface area contributed by atoms with Crippen molar-refractivity contribution in [3.8, 4) is 0 Å². The van der Waals surface area contributed by atoms with Gasteiger partial charge in [-0.15, -0.1) is 0 Å². The van der Waals surface area contributed by atoms with E-state index in [-0.39, 0.29) is 0 Å². The fraction of sp³-hybridized carbons (Fsp3) is 1.00. The first-order valence-electron chi connectivity index (χ1n) is 7.38. The summed E-state index contributed by atoms with van der Waals surface area (Å²) in [7, 11) is 2.24. The van der Waals surface area contributed by atoms with Crippen molar-refractivity contribution in [2.45, 2.75) is 38.6 Å². The topological polar surface area (TPSA) is 18.5 Å². The van der Waals surface area contributed by atoms with E-state index in [0.717, 1.165) is 5.92 Å². The molecule has 0 aliphatic carbocycles. The van der Waals surface area contributed by atoms with Gasteiger partial charge in [0, 0.05) is 12.6 Å². The molecule has 0 bridgehead atoms. The molecule has 0 spiro atoms. The summed E-state index contributed by atoms with van der Waals surface area (Å²) in [5.74, 6) is 0.909.